The molecule has 4 unspecified atom stereocenters. The van der Waals surface area contributed by atoms with Gasteiger partial charge in [0, 0.05) is 19.0 Å². The molecule has 3 nitrogen and oxygen atoms in total. The monoisotopic (exact) mass is 280 g/mol. The standard InChI is InChI=1S/C17H32N2O/c1-4-5-9-19(3)10-8-17(20)18-13(2)16-12-14-6-7-15(16)11-14/h13-16H,4-12H2,1-3H3,(H,18,20). The van der Waals surface area contributed by atoms with Gasteiger partial charge in [-0.25, -0.2) is 0 Å². The zero-order valence-corrected chi connectivity index (χ0v) is 13.5. The smallest absolute Gasteiger partial charge is 0.221 e. The summed E-state index contributed by atoms with van der Waals surface area (Å²) in [5.74, 6) is 2.84. The second-order valence-electron chi connectivity index (χ2n) is 7.10. The number of rotatable bonds is 8. The lowest BCUT2D eigenvalue weighted by Crippen LogP contribution is -2.41. The van der Waals surface area contributed by atoms with Gasteiger partial charge >= 0.3 is 0 Å². The van der Waals surface area contributed by atoms with Crippen LogP contribution >= 0.6 is 0 Å². The minimum Gasteiger partial charge on any atom is -0.353 e. The van der Waals surface area contributed by atoms with E-state index in [4.69, 9.17) is 0 Å². The quantitative estimate of drug-likeness (QED) is 0.741. The number of unbranched alkanes of at least 4 members (excludes halogenated alkanes) is 1. The van der Waals surface area contributed by atoms with Crippen molar-refractivity contribution in [2.75, 3.05) is 20.1 Å². The van der Waals surface area contributed by atoms with Gasteiger partial charge in [0.15, 0.2) is 0 Å². The van der Waals surface area contributed by atoms with Crippen molar-refractivity contribution >= 4 is 5.91 Å². The molecule has 0 aromatic rings. The van der Waals surface area contributed by atoms with Gasteiger partial charge in [-0.05, 0) is 64.0 Å². The summed E-state index contributed by atoms with van der Waals surface area (Å²) >= 11 is 0. The number of fused-ring (bicyclic) bond motifs is 2. The van der Waals surface area contributed by atoms with Gasteiger partial charge in [-0.15, -0.1) is 0 Å². The Morgan fingerprint density at radius 2 is 2.10 bits per heavy atom. The number of carbonyl (C=O) groups excluding carboxylic acids is 1. The summed E-state index contributed by atoms with van der Waals surface area (Å²) in [5, 5.41) is 3.25. The predicted octanol–water partition coefficient (Wildman–Crippen LogP) is 3.05. The average molecular weight is 280 g/mol. The van der Waals surface area contributed by atoms with E-state index in [1.165, 1.54) is 38.5 Å². The van der Waals surface area contributed by atoms with Crippen molar-refractivity contribution in [1.82, 2.24) is 10.2 Å². The Kier molecular flexibility index (Phi) is 5.88. The molecule has 4 atom stereocenters. The third-order valence-electron chi connectivity index (χ3n) is 5.44. The van der Waals surface area contributed by atoms with Crippen LogP contribution in [-0.2, 0) is 4.79 Å². The van der Waals surface area contributed by atoms with Gasteiger partial charge in [0.05, 0.1) is 0 Å². The molecule has 2 bridgehead atoms. The van der Waals surface area contributed by atoms with Crippen molar-refractivity contribution < 1.29 is 4.79 Å². The zero-order chi connectivity index (χ0) is 14.5. The van der Waals surface area contributed by atoms with Crippen molar-refractivity contribution in [2.24, 2.45) is 17.8 Å². The Hall–Kier alpha value is -0.570. The van der Waals surface area contributed by atoms with Gasteiger partial charge in [-0.1, -0.05) is 19.8 Å². The van der Waals surface area contributed by atoms with E-state index in [2.05, 4.69) is 31.1 Å². The molecule has 0 aromatic carbocycles. The lowest BCUT2D eigenvalue weighted by Gasteiger charge is -2.28. The number of amides is 1. The molecule has 2 saturated carbocycles. The van der Waals surface area contributed by atoms with Gasteiger partial charge in [-0.2, -0.15) is 0 Å². The van der Waals surface area contributed by atoms with E-state index < -0.39 is 0 Å². The normalized spacial score (nSPS) is 29.9. The molecular weight excluding hydrogens is 248 g/mol. The van der Waals surface area contributed by atoms with Crippen LogP contribution in [0.25, 0.3) is 0 Å². The fourth-order valence-electron chi connectivity index (χ4n) is 4.17. The van der Waals surface area contributed by atoms with Crippen molar-refractivity contribution in [3.63, 3.8) is 0 Å². The predicted molar refractivity (Wildman–Crippen MR) is 83.6 cm³/mol. The van der Waals surface area contributed by atoms with Crippen molar-refractivity contribution in [2.45, 2.75) is 64.8 Å². The third-order valence-corrected chi connectivity index (χ3v) is 5.44. The summed E-state index contributed by atoms with van der Waals surface area (Å²) in [5.41, 5.74) is 0. The lowest BCUT2D eigenvalue weighted by molar-refractivity contribution is -0.122. The molecule has 3 heteroatoms. The second-order valence-corrected chi connectivity index (χ2v) is 7.10. The molecule has 2 aliphatic rings. The Bertz CT molecular complexity index is 318. The topological polar surface area (TPSA) is 32.3 Å². The van der Waals surface area contributed by atoms with Crippen LogP contribution in [0.3, 0.4) is 0 Å². The van der Waals surface area contributed by atoms with Crippen molar-refractivity contribution in [1.29, 1.82) is 0 Å². The van der Waals surface area contributed by atoms with Crippen LogP contribution in [0, 0.1) is 17.8 Å². The molecule has 0 aromatic heterocycles. The molecule has 1 amide bonds. The van der Waals surface area contributed by atoms with Gasteiger partial charge in [0.1, 0.15) is 0 Å². The molecule has 0 aliphatic heterocycles. The highest BCUT2D eigenvalue weighted by Gasteiger charge is 2.41. The number of hydrogen-bond donors (Lipinski definition) is 1. The molecule has 0 saturated heterocycles. The first kappa shape index (κ1) is 15.8. The highest BCUT2D eigenvalue weighted by molar-refractivity contribution is 5.76. The molecule has 0 radical (unpaired) electrons. The maximum absolute atomic E-state index is 12.1. The highest BCUT2D eigenvalue weighted by atomic mass is 16.1. The van der Waals surface area contributed by atoms with E-state index >= 15 is 0 Å². The Morgan fingerprint density at radius 1 is 1.30 bits per heavy atom. The summed E-state index contributed by atoms with van der Waals surface area (Å²) in [4.78, 5) is 14.3. The average Bonchev–Trinajstić information content (AvgIpc) is 3.05. The maximum Gasteiger partial charge on any atom is 0.221 e. The fourth-order valence-corrected chi connectivity index (χ4v) is 4.17. The van der Waals surface area contributed by atoms with Crippen LogP contribution < -0.4 is 5.32 Å². The molecule has 2 aliphatic carbocycles. The summed E-state index contributed by atoms with van der Waals surface area (Å²) < 4.78 is 0. The van der Waals surface area contributed by atoms with E-state index in [9.17, 15) is 4.79 Å². The van der Waals surface area contributed by atoms with Crippen LogP contribution in [0.2, 0.25) is 0 Å². The van der Waals surface area contributed by atoms with Crippen LogP contribution in [0.1, 0.15) is 58.8 Å². The molecular formula is C17H32N2O. The first-order valence-electron chi connectivity index (χ1n) is 8.58. The first-order chi connectivity index (χ1) is 9.60. The maximum atomic E-state index is 12.1. The van der Waals surface area contributed by atoms with E-state index in [1.54, 1.807) is 0 Å². The van der Waals surface area contributed by atoms with E-state index in [0.29, 0.717) is 12.5 Å². The molecule has 1 N–H and O–H groups in total. The van der Waals surface area contributed by atoms with Crippen LogP contribution in [0.5, 0.6) is 0 Å². The van der Waals surface area contributed by atoms with Crippen LogP contribution in [0.4, 0.5) is 0 Å². The first-order valence-corrected chi connectivity index (χ1v) is 8.58. The lowest BCUT2D eigenvalue weighted by atomic mass is 9.84. The Morgan fingerprint density at radius 3 is 2.70 bits per heavy atom. The van der Waals surface area contributed by atoms with Crippen molar-refractivity contribution in [3.8, 4) is 0 Å². The van der Waals surface area contributed by atoms with E-state index in [-0.39, 0.29) is 5.91 Å². The molecule has 116 valence electrons. The zero-order valence-electron chi connectivity index (χ0n) is 13.5. The summed E-state index contributed by atoms with van der Waals surface area (Å²) in [6.07, 6.45) is 8.69. The summed E-state index contributed by atoms with van der Waals surface area (Å²) in [7, 11) is 2.11. The Labute approximate surface area is 124 Å². The van der Waals surface area contributed by atoms with E-state index in [0.717, 1.165) is 30.8 Å². The summed E-state index contributed by atoms with van der Waals surface area (Å²) in [6.45, 7) is 6.41. The van der Waals surface area contributed by atoms with Crippen LogP contribution in [0.15, 0.2) is 0 Å². The van der Waals surface area contributed by atoms with Gasteiger partial charge in [-0.3, -0.25) is 4.79 Å². The fraction of sp³-hybridized carbons (Fsp3) is 0.941. The largest absolute Gasteiger partial charge is 0.353 e. The minimum absolute atomic E-state index is 0.239. The molecule has 2 rings (SSSR count). The van der Waals surface area contributed by atoms with Gasteiger partial charge in [0.25, 0.3) is 0 Å². The molecule has 0 heterocycles. The summed E-state index contributed by atoms with van der Waals surface area (Å²) in [6, 6.07) is 0.374. The SMILES string of the molecule is CCCCN(C)CCC(=O)NC(C)C1CC2CCC1C2. The van der Waals surface area contributed by atoms with Crippen LogP contribution in [-0.4, -0.2) is 37.0 Å². The highest BCUT2D eigenvalue weighted by Crippen LogP contribution is 2.49. The Balaban J connectivity index is 1.64. The van der Waals surface area contributed by atoms with E-state index in [1.807, 2.05) is 0 Å². The minimum atomic E-state index is 0.239. The van der Waals surface area contributed by atoms with Gasteiger partial charge < -0.3 is 10.2 Å². The van der Waals surface area contributed by atoms with Gasteiger partial charge in [0.2, 0.25) is 5.91 Å². The number of hydrogen-bond acceptors (Lipinski definition) is 2. The number of carbonyl (C=O) groups is 1. The van der Waals surface area contributed by atoms with Crippen molar-refractivity contribution in [3.05, 3.63) is 0 Å². The molecule has 0 spiro atoms. The molecule has 20 heavy (non-hydrogen) atoms. The second kappa shape index (κ2) is 7.44. The number of nitrogens with zero attached hydrogens (tertiary/aromatic N) is 1. The number of nitrogens with one attached hydrogen (secondary N) is 1. The third kappa shape index (κ3) is 4.21. The molecule has 2 fully saturated rings.